The van der Waals surface area contributed by atoms with Crippen molar-refractivity contribution in [2.45, 2.75) is 26.2 Å². The van der Waals surface area contributed by atoms with Gasteiger partial charge in [-0.3, -0.25) is 9.35 Å². The van der Waals surface area contributed by atoms with Crippen LogP contribution in [0.5, 0.6) is 0 Å². The second kappa shape index (κ2) is 8.91. The molecule has 2 radical (unpaired) electrons. The first kappa shape index (κ1) is 17.0. The van der Waals surface area contributed by atoms with Gasteiger partial charge in [0.1, 0.15) is 0 Å². The van der Waals surface area contributed by atoms with Crippen molar-refractivity contribution < 1.29 is 22.5 Å². The second-order valence-electron chi connectivity index (χ2n) is 2.57. The summed E-state index contributed by atoms with van der Waals surface area (Å²) < 4.78 is 33.5. The molecular weight excluding hydrogens is 236 g/mol. The SMILES string of the molecule is CCC(=O)OCCCCS(=O)(=O)O.[Ca]. The molecule has 7 heteroatoms. The molecule has 0 bridgehead atoms. The van der Waals surface area contributed by atoms with Gasteiger partial charge in [0.25, 0.3) is 10.1 Å². The third-order valence-electron chi connectivity index (χ3n) is 1.35. The molecular formula is C7H14CaO5S. The van der Waals surface area contributed by atoms with E-state index in [0.717, 1.165) is 0 Å². The maximum Gasteiger partial charge on any atom is 0.305 e. The molecule has 0 spiro atoms. The Morgan fingerprint density at radius 3 is 2.36 bits per heavy atom. The molecule has 0 saturated carbocycles. The fourth-order valence-corrected chi connectivity index (χ4v) is 1.24. The van der Waals surface area contributed by atoms with Gasteiger partial charge in [0.05, 0.1) is 12.4 Å². The standard InChI is InChI=1S/C7H14O5S.Ca/c1-2-7(8)12-5-3-4-6-13(9,10)11;/h2-6H2,1H3,(H,9,10,11);. The fraction of sp³-hybridized carbons (Fsp3) is 0.857. The molecule has 0 aromatic heterocycles. The summed E-state index contributed by atoms with van der Waals surface area (Å²) in [6, 6.07) is 0. The minimum absolute atomic E-state index is 0. The summed E-state index contributed by atoms with van der Waals surface area (Å²) in [4.78, 5) is 10.6. The first-order valence-corrected chi connectivity index (χ1v) is 5.67. The number of carbonyl (C=O) groups excluding carboxylic acids is 1. The Hall–Kier alpha value is 0.640. The van der Waals surface area contributed by atoms with E-state index in [1.165, 1.54) is 0 Å². The second-order valence-corrected chi connectivity index (χ2v) is 4.14. The van der Waals surface area contributed by atoms with Gasteiger partial charge in [0.2, 0.25) is 0 Å². The van der Waals surface area contributed by atoms with E-state index in [0.29, 0.717) is 19.3 Å². The molecule has 1 N–H and O–H groups in total. The first-order chi connectivity index (χ1) is 5.95. The molecule has 5 nitrogen and oxygen atoms in total. The Morgan fingerprint density at radius 2 is 1.93 bits per heavy atom. The quantitative estimate of drug-likeness (QED) is 0.316. The minimum atomic E-state index is -3.87. The van der Waals surface area contributed by atoms with Gasteiger partial charge in [-0.1, -0.05) is 6.92 Å². The summed E-state index contributed by atoms with van der Waals surface area (Å²) in [5.41, 5.74) is 0. The number of rotatable bonds is 6. The van der Waals surface area contributed by atoms with Crippen LogP contribution in [0.4, 0.5) is 0 Å². The third kappa shape index (κ3) is 12.6. The maximum atomic E-state index is 10.6. The topological polar surface area (TPSA) is 80.7 Å². The average molecular weight is 250 g/mol. The Labute approximate surface area is 114 Å². The fourth-order valence-electron chi connectivity index (χ4n) is 0.675. The van der Waals surface area contributed by atoms with Gasteiger partial charge < -0.3 is 4.74 Å². The molecule has 0 atom stereocenters. The van der Waals surface area contributed by atoms with Gasteiger partial charge in [-0.25, -0.2) is 0 Å². The zero-order valence-electron chi connectivity index (χ0n) is 8.23. The summed E-state index contributed by atoms with van der Waals surface area (Å²) >= 11 is 0. The van der Waals surface area contributed by atoms with Crippen LogP contribution < -0.4 is 0 Å². The monoisotopic (exact) mass is 250 g/mol. The van der Waals surface area contributed by atoms with Gasteiger partial charge in [0.15, 0.2) is 0 Å². The van der Waals surface area contributed by atoms with Crippen LogP contribution in [0.1, 0.15) is 26.2 Å². The van der Waals surface area contributed by atoms with Crippen LogP contribution in [0.3, 0.4) is 0 Å². The number of hydrogen-bond donors (Lipinski definition) is 1. The van der Waals surface area contributed by atoms with Crippen molar-refractivity contribution in [3.05, 3.63) is 0 Å². The predicted molar refractivity (Wildman–Crippen MR) is 52.7 cm³/mol. The molecule has 0 rings (SSSR count). The van der Waals surface area contributed by atoms with E-state index >= 15 is 0 Å². The van der Waals surface area contributed by atoms with Crippen LogP contribution >= 0.6 is 0 Å². The van der Waals surface area contributed by atoms with E-state index in [1.807, 2.05) is 0 Å². The van der Waals surface area contributed by atoms with E-state index in [2.05, 4.69) is 0 Å². The summed E-state index contributed by atoms with van der Waals surface area (Å²) in [6.07, 6.45) is 1.07. The third-order valence-corrected chi connectivity index (χ3v) is 2.15. The Bertz CT molecular complexity index is 249. The molecule has 80 valence electrons. The van der Waals surface area contributed by atoms with Crippen molar-refractivity contribution in [2.24, 2.45) is 0 Å². The summed E-state index contributed by atoms with van der Waals surface area (Å²) in [5, 5.41) is 0. The van der Waals surface area contributed by atoms with E-state index in [-0.39, 0.29) is 56.1 Å². The molecule has 14 heavy (non-hydrogen) atoms. The Balaban J connectivity index is 0. The molecule has 0 aromatic carbocycles. The van der Waals surface area contributed by atoms with Crippen molar-refractivity contribution >= 4 is 53.8 Å². The predicted octanol–water partition coefficient (Wildman–Crippen LogP) is 0.227. The molecule has 0 aliphatic carbocycles. The van der Waals surface area contributed by atoms with Crippen molar-refractivity contribution in [2.75, 3.05) is 12.4 Å². The molecule has 0 saturated heterocycles. The number of unbranched alkanes of at least 4 members (excludes halogenated alkanes) is 1. The van der Waals surface area contributed by atoms with Crippen LogP contribution in [0, 0.1) is 0 Å². The average Bonchev–Trinajstić information content (AvgIpc) is 2.01. The van der Waals surface area contributed by atoms with Crippen LogP contribution in [-0.2, 0) is 19.6 Å². The van der Waals surface area contributed by atoms with E-state index in [1.54, 1.807) is 6.92 Å². The molecule has 0 amide bonds. The van der Waals surface area contributed by atoms with Crippen LogP contribution in [0.25, 0.3) is 0 Å². The molecule has 0 heterocycles. The van der Waals surface area contributed by atoms with Crippen LogP contribution in [0.2, 0.25) is 0 Å². The van der Waals surface area contributed by atoms with Gasteiger partial charge in [0, 0.05) is 44.2 Å². The molecule has 0 aromatic rings. The molecule has 0 aliphatic rings. The zero-order chi connectivity index (χ0) is 10.3. The normalized spacial score (nSPS) is 10.4. The Morgan fingerprint density at radius 1 is 1.36 bits per heavy atom. The number of ether oxygens (including phenoxy) is 1. The van der Waals surface area contributed by atoms with E-state index in [9.17, 15) is 13.2 Å². The minimum Gasteiger partial charge on any atom is -0.466 e. The summed E-state index contributed by atoms with van der Waals surface area (Å²) in [6.45, 7) is 1.89. The maximum absolute atomic E-state index is 10.6. The molecule has 0 unspecified atom stereocenters. The first-order valence-electron chi connectivity index (χ1n) is 4.06. The summed E-state index contributed by atoms with van der Waals surface area (Å²) in [7, 11) is -3.87. The largest absolute Gasteiger partial charge is 0.466 e. The smallest absolute Gasteiger partial charge is 0.305 e. The van der Waals surface area contributed by atoms with Crippen molar-refractivity contribution in [1.82, 2.24) is 0 Å². The van der Waals surface area contributed by atoms with E-state index in [4.69, 9.17) is 9.29 Å². The zero-order valence-corrected chi connectivity index (χ0v) is 11.3. The molecule has 0 fully saturated rings. The number of carbonyl (C=O) groups is 1. The van der Waals surface area contributed by atoms with Crippen LogP contribution in [0.15, 0.2) is 0 Å². The van der Waals surface area contributed by atoms with Crippen LogP contribution in [-0.4, -0.2) is 69.0 Å². The molecule has 0 aliphatic heterocycles. The van der Waals surface area contributed by atoms with Gasteiger partial charge in [-0.05, 0) is 12.8 Å². The van der Waals surface area contributed by atoms with Crippen molar-refractivity contribution in [3.8, 4) is 0 Å². The van der Waals surface area contributed by atoms with Gasteiger partial charge >= 0.3 is 5.97 Å². The van der Waals surface area contributed by atoms with Gasteiger partial charge in [-0.15, -0.1) is 0 Å². The van der Waals surface area contributed by atoms with E-state index < -0.39 is 10.1 Å². The Kier molecular flexibility index (Phi) is 10.8. The number of hydrogen-bond acceptors (Lipinski definition) is 4. The van der Waals surface area contributed by atoms with Crippen molar-refractivity contribution in [3.63, 3.8) is 0 Å². The van der Waals surface area contributed by atoms with Crippen molar-refractivity contribution in [1.29, 1.82) is 0 Å². The number of esters is 1. The van der Waals surface area contributed by atoms with Gasteiger partial charge in [-0.2, -0.15) is 8.42 Å². The summed E-state index contributed by atoms with van der Waals surface area (Å²) in [5.74, 6) is -0.580.